The number of imide groups is 1. The molecule has 1 unspecified atom stereocenters. The minimum atomic E-state index is -1.20. The fourth-order valence-corrected chi connectivity index (χ4v) is 1.28. The van der Waals surface area contributed by atoms with Crippen LogP contribution in [0.5, 0.6) is 0 Å². The van der Waals surface area contributed by atoms with Crippen LogP contribution in [0, 0.1) is 5.92 Å². The zero-order chi connectivity index (χ0) is 10.9. The van der Waals surface area contributed by atoms with Crippen LogP contribution in [0.1, 0.15) is 13.8 Å². The second kappa shape index (κ2) is 3.65. The molecule has 6 nitrogen and oxygen atoms in total. The highest BCUT2D eigenvalue weighted by molar-refractivity contribution is 6.06. The van der Waals surface area contributed by atoms with Crippen molar-refractivity contribution in [2.24, 2.45) is 5.92 Å². The molecule has 1 rings (SSSR count). The molecule has 2 N–H and O–H groups in total. The summed E-state index contributed by atoms with van der Waals surface area (Å²) in [5.74, 6) is -1.70. The highest BCUT2D eigenvalue weighted by Crippen LogP contribution is 2.12. The zero-order valence-electron chi connectivity index (χ0n) is 7.98. The molecule has 0 aromatic carbocycles. The number of nitrogens with zero attached hydrogens (tertiary/aromatic N) is 1. The summed E-state index contributed by atoms with van der Waals surface area (Å²) in [4.78, 5) is 33.7. The van der Waals surface area contributed by atoms with Crippen LogP contribution < -0.4 is 5.32 Å². The van der Waals surface area contributed by atoms with Gasteiger partial charge in [-0.1, -0.05) is 13.8 Å². The fraction of sp³-hybridized carbons (Fsp3) is 0.625. The van der Waals surface area contributed by atoms with Crippen molar-refractivity contribution in [1.82, 2.24) is 10.2 Å². The zero-order valence-corrected chi connectivity index (χ0v) is 7.98. The number of carbonyl (C=O) groups is 3. The first-order valence-corrected chi connectivity index (χ1v) is 4.27. The van der Waals surface area contributed by atoms with Crippen molar-refractivity contribution in [2.75, 3.05) is 6.54 Å². The van der Waals surface area contributed by atoms with E-state index in [4.69, 9.17) is 5.11 Å². The Labute approximate surface area is 80.9 Å². The van der Waals surface area contributed by atoms with Gasteiger partial charge in [-0.25, -0.2) is 4.79 Å². The maximum absolute atomic E-state index is 11.5. The van der Waals surface area contributed by atoms with Gasteiger partial charge in [-0.2, -0.15) is 0 Å². The van der Waals surface area contributed by atoms with E-state index in [0.717, 1.165) is 0 Å². The summed E-state index contributed by atoms with van der Waals surface area (Å²) in [5, 5.41) is 10.9. The molecular formula is C8H12N2O4. The lowest BCUT2D eigenvalue weighted by atomic mass is 10.1. The van der Waals surface area contributed by atoms with Crippen molar-refractivity contribution < 1.29 is 19.5 Å². The first kappa shape index (κ1) is 10.5. The lowest BCUT2D eigenvalue weighted by Gasteiger charge is -2.12. The number of urea groups is 1. The summed E-state index contributed by atoms with van der Waals surface area (Å²) in [7, 11) is 0. The standard InChI is InChI=1S/C8H12N2O4/c1-4(2)6-7(13)10(3-5(11)12)8(14)9-6/h4,6H,3H2,1-2H3,(H,9,14)(H,11,12). The minimum Gasteiger partial charge on any atom is -0.480 e. The maximum Gasteiger partial charge on any atom is 0.325 e. The van der Waals surface area contributed by atoms with E-state index in [1.54, 1.807) is 13.8 Å². The average Bonchev–Trinajstić information content (AvgIpc) is 2.31. The molecule has 0 aromatic heterocycles. The molecule has 0 radical (unpaired) electrons. The normalized spacial score (nSPS) is 21.6. The van der Waals surface area contributed by atoms with Crippen LogP contribution in [-0.2, 0) is 9.59 Å². The highest BCUT2D eigenvalue weighted by Gasteiger charge is 2.40. The quantitative estimate of drug-likeness (QED) is 0.609. The number of hydrogen-bond donors (Lipinski definition) is 2. The molecule has 1 atom stereocenters. The van der Waals surface area contributed by atoms with Crippen LogP contribution in [0.15, 0.2) is 0 Å². The van der Waals surface area contributed by atoms with Crippen LogP contribution in [0.2, 0.25) is 0 Å². The predicted molar refractivity (Wildman–Crippen MR) is 46.5 cm³/mol. The second-order valence-corrected chi connectivity index (χ2v) is 3.49. The molecule has 0 saturated carbocycles. The van der Waals surface area contributed by atoms with Gasteiger partial charge in [0.25, 0.3) is 5.91 Å². The van der Waals surface area contributed by atoms with Crippen LogP contribution in [0.25, 0.3) is 0 Å². The number of hydrogen-bond acceptors (Lipinski definition) is 3. The molecule has 1 heterocycles. The third-order valence-corrected chi connectivity index (χ3v) is 2.02. The van der Waals surface area contributed by atoms with Gasteiger partial charge in [-0.05, 0) is 5.92 Å². The van der Waals surface area contributed by atoms with Crippen molar-refractivity contribution in [2.45, 2.75) is 19.9 Å². The van der Waals surface area contributed by atoms with Crippen LogP contribution in [0.4, 0.5) is 4.79 Å². The van der Waals surface area contributed by atoms with Gasteiger partial charge in [-0.3, -0.25) is 14.5 Å². The SMILES string of the molecule is CC(C)C1NC(=O)N(CC(=O)O)C1=O. The number of amides is 3. The van der Waals surface area contributed by atoms with Gasteiger partial charge in [0.15, 0.2) is 0 Å². The molecule has 6 heteroatoms. The Bertz CT molecular complexity index is 287. The molecule has 1 fully saturated rings. The van der Waals surface area contributed by atoms with E-state index in [1.165, 1.54) is 0 Å². The number of aliphatic carboxylic acids is 1. The Hall–Kier alpha value is -1.59. The minimum absolute atomic E-state index is 0.0368. The van der Waals surface area contributed by atoms with Gasteiger partial charge in [-0.15, -0.1) is 0 Å². The van der Waals surface area contributed by atoms with E-state index >= 15 is 0 Å². The highest BCUT2D eigenvalue weighted by atomic mass is 16.4. The first-order chi connectivity index (χ1) is 6.43. The molecule has 3 amide bonds. The second-order valence-electron chi connectivity index (χ2n) is 3.49. The molecule has 0 spiro atoms. The molecule has 1 aliphatic rings. The Morgan fingerprint density at radius 1 is 1.57 bits per heavy atom. The van der Waals surface area contributed by atoms with Gasteiger partial charge < -0.3 is 10.4 Å². The number of carbonyl (C=O) groups excluding carboxylic acids is 2. The van der Waals surface area contributed by atoms with E-state index < -0.39 is 30.5 Å². The van der Waals surface area contributed by atoms with Crippen molar-refractivity contribution in [3.8, 4) is 0 Å². The Morgan fingerprint density at radius 3 is 2.50 bits per heavy atom. The van der Waals surface area contributed by atoms with Crippen molar-refractivity contribution in [3.05, 3.63) is 0 Å². The Morgan fingerprint density at radius 2 is 2.14 bits per heavy atom. The van der Waals surface area contributed by atoms with Gasteiger partial charge >= 0.3 is 12.0 Å². The largest absolute Gasteiger partial charge is 0.480 e. The Kier molecular flexibility index (Phi) is 2.73. The van der Waals surface area contributed by atoms with Gasteiger partial charge in [0.2, 0.25) is 0 Å². The van der Waals surface area contributed by atoms with Gasteiger partial charge in [0.1, 0.15) is 12.6 Å². The maximum atomic E-state index is 11.5. The number of rotatable bonds is 3. The summed E-state index contributed by atoms with van der Waals surface area (Å²) in [5.41, 5.74) is 0. The summed E-state index contributed by atoms with van der Waals surface area (Å²) in [6.45, 7) is 2.99. The molecule has 0 bridgehead atoms. The van der Waals surface area contributed by atoms with Crippen LogP contribution in [-0.4, -0.2) is 40.5 Å². The summed E-state index contributed by atoms with van der Waals surface area (Å²) < 4.78 is 0. The third kappa shape index (κ3) is 1.84. The monoisotopic (exact) mass is 200 g/mol. The molecule has 1 aliphatic heterocycles. The van der Waals surface area contributed by atoms with E-state index in [-0.39, 0.29) is 5.92 Å². The van der Waals surface area contributed by atoms with E-state index in [9.17, 15) is 14.4 Å². The summed E-state index contributed by atoms with van der Waals surface area (Å²) in [6, 6.07) is -1.22. The smallest absolute Gasteiger partial charge is 0.325 e. The fourth-order valence-electron chi connectivity index (χ4n) is 1.28. The molecule has 1 saturated heterocycles. The molecule has 0 aromatic rings. The van der Waals surface area contributed by atoms with Crippen LogP contribution >= 0.6 is 0 Å². The number of carboxylic acid groups (broad SMARTS) is 1. The van der Waals surface area contributed by atoms with Crippen molar-refractivity contribution in [1.29, 1.82) is 0 Å². The van der Waals surface area contributed by atoms with Crippen molar-refractivity contribution in [3.63, 3.8) is 0 Å². The number of carboxylic acids is 1. The Balaban J connectivity index is 2.75. The molecular weight excluding hydrogens is 188 g/mol. The van der Waals surface area contributed by atoms with Crippen LogP contribution in [0.3, 0.4) is 0 Å². The van der Waals surface area contributed by atoms with Gasteiger partial charge in [0.05, 0.1) is 0 Å². The predicted octanol–water partition coefficient (Wildman–Crippen LogP) is -0.353. The van der Waals surface area contributed by atoms with E-state index in [2.05, 4.69) is 5.32 Å². The third-order valence-electron chi connectivity index (χ3n) is 2.02. The van der Waals surface area contributed by atoms with Gasteiger partial charge in [0, 0.05) is 0 Å². The van der Waals surface area contributed by atoms with E-state index in [1.807, 2.05) is 0 Å². The lowest BCUT2D eigenvalue weighted by Crippen LogP contribution is -2.37. The van der Waals surface area contributed by atoms with Crippen molar-refractivity contribution >= 4 is 17.9 Å². The molecule has 78 valence electrons. The number of nitrogens with one attached hydrogen (secondary N) is 1. The molecule has 0 aliphatic carbocycles. The average molecular weight is 200 g/mol. The topological polar surface area (TPSA) is 86.7 Å². The summed E-state index contributed by atoms with van der Waals surface area (Å²) >= 11 is 0. The lowest BCUT2D eigenvalue weighted by molar-refractivity contribution is -0.141. The first-order valence-electron chi connectivity index (χ1n) is 4.27. The summed E-state index contributed by atoms with van der Waals surface area (Å²) in [6.07, 6.45) is 0. The van der Waals surface area contributed by atoms with E-state index in [0.29, 0.717) is 4.90 Å². The molecule has 14 heavy (non-hydrogen) atoms.